The zero-order valence-corrected chi connectivity index (χ0v) is 6.86. The van der Waals surface area contributed by atoms with Crippen molar-refractivity contribution >= 4 is 5.78 Å². The Bertz CT molecular complexity index is 404. The number of fused-ring (bicyclic) bond motifs is 1. The molecule has 0 bridgehead atoms. The fourth-order valence-corrected chi connectivity index (χ4v) is 1.22. The summed E-state index contributed by atoms with van der Waals surface area (Å²) in [6.45, 7) is 2.45. The number of imidazole rings is 1. The second kappa shape index (κ2) is 2.57. The maximum atomic E-state index is 5.55. The van der Waals surface area contributed by atoms with Crippen LogP contribution in [-0.2, 0) is 6.54 Å². The summed E-state index contributed by atoms with van der Waals surface area (Å²) in [4.78, 5) is 8.32. The van der Waals surface area contributed by atoms with E-state index in [2.05, 4.69) is 9.97 Å². The van der Waals surface area contributed by atoms with Crippen molar-refractivity contribution in [3.63, 3.8) is 0 Å². The summed E-state index contributed by atoms with van der Waals surface area (Å²) >= 11 is 0. The molecule has 0 saturated carbocycles. The maximum Gasteiger partial charge on any atom is 0.234 e. The third-order valence-corrected chi connectivity index (χ3v) is 1.78. The van der Waals surface area contributed by atoms with Crippen LogP contribution in [-0.4, -0.2) is 14.4 Å². The van der Waals surface area contributed by atoms with Gasteiger partial charge in [-0.2, -0.15) is 0 Å². The summed E-state index contributed by atoms with van der Waals surface area (Å²) in [5, 5.41) is 0. The quantitative estimate of drug-likeness (QED) is 0.664. The molecule has 62 valence electrons. The van der Waals surface area contributed by atoms with Crippen LogP contribution in [0.3, 0.4) is 0 Å². The van der Waals surface area contributed by atoms with Crippen molar-refractivity contribution in [1.29, 1.82) is 0 Å². The minimum absolute atomic E-state index is 0.509. The minimum Gasteiger partial charge on any atom is -0.325 e. The van der Waals surface area contributed by atoms with Crippen molar-refractivity contribution in [2.24, 2.45) is 5.73 Å². The van der Waals surface area contributed by atoms with Gasteiger partial charge >= 0.3 is 0 Å². The predicted molar refractivity (Wildman–Crippen MR) is 45.6 cm³/mol. The van der Waals surface area contributed by atoms with Gasteiger partial charge in [0.05, 0.1) is 5.69 Å². The number of hydrogen-bond donors (Lipinski definition) is 1. The highest BCUT2D eigenvalue weighted by atomic mass is 15.1. The second-order valence-electron chi connectivity index (χ2n) is 2.69. The fourth-order valence-electron chi connectivity index (χ4n) is 1.22. The minimum atomic E-state index is 0.509. The average molecular weight is 162 g/mol. The SMILES string of the molecule is Cc1cn2c(CN)ccnc2n1. The number of hydrogen-bond acceptors (Lipinski definition) is 3. The van der Waals surface area contributed by atoms with Crippen LogP contribution in [0.4, 0.5) is 0 Å². The number of rotatable bonds is 1. The molecule has 4 nitrogen and oxygen atoms in total. The van der Waals surface area contributed by atoms with Gasteiger partial charge in [-0.25, -0.2) is 9.97 Å². The van der Waals surface area contributed by atoms with Crippen LogP contribution in [0, 0.1) is 6.92 Å². The van der Waals surface area contributed by atoms with Crippen LogP contribution >= 0.6 is 0 Å². The molecule has 0 spiro atoms. The smallest absolute Gasteiger partial charge is 0.234 e. The number of aryl methyl sites for hydroxylation is 1. The van der Waals surface area contributed by atoms with Gasteiger partial charge in [0, 0.05) is 24.6 Å². The van der Waals surface area contributed by atoms with E-state index >= 15 is 0 Å². The molecule has 4 heteroatoms. The summed E-state index contributed by atoms with van der Waals surface area (Å²) in [6, 6.07) is 1.90. The van der Waals surface area contributed by atoms with Crippen molar-refractivity contribution in [3.05, 3.63) is 29.8 Å². The largest absolute Gasteiger partial charge is 0.325 e. The molecule has 12 heavy (non-hydrogen) atoms. The topological polar surface area (TPSA) is 56.2 Å². The van der Waals surface area contributed by atoms with Crippen LogP contribution < -0.4 is 5.73 Å². The van der Waals surface area contributed by atoms with Gasteiger partial charge in [-0.3, -0.25) is 4.40 Å². The van der Waals surface area contributed by atoms with Crippen molar-refractivity contribution in [1.82, 2.24) is 14.4 Å². The van der Waals surface area contributed by atoms with Gasteiger partial charge in [0.25, 0.3) is 0 Å². The second-order valence-corrected chi connectivity index (χ2v) is 2.69. The highest BCUT2D eigenvalue weighted by molar-refractivity contribution is 5.32. The molecular formula is C8H10N4. The average Bonchev–Trinajstić information content (AvgIpc) is 2.44. The molecule has 0 aliphatic carbocycles. The molecule has 0 unspecified atom stereocenters. The van der Waals surface area contributed by atoms with Crippen molar-refractivity contribution in [3.8, 4) is 0 Å². The lowest BCUT2D eigenvalue weighted by Gasteiger charge is -1.98. The van der Waals surface area contributed by atoms with Gasteiger partial charge in [0.1, 0.15) is 0 Å². The van der Waals surface area contributed by atoms with E-state index < -0.39 is 0 Å². The molecule has 2 aromatic rings. The molecular weight excluding hydrogens is 152 g/mol. The molecule has 0 saturated heterocycles. The first kappa shape index (κ1) is 7.24. The van der Waals surface area contributed by atoms with Crippen LogP contribution in [0.1, 0.15) is 11.4 Å². The van der Waals surface area contributed by atoms with E-state index in [1.807, 2.05) is 23.6 Å². The van der Waals surface area contributed by atoms with Crippen molar-refractivity contribution in [2.45, 2.75) is 13.5 Å². The molecule has 2 heterocycles. The third-order valence-electron chi connectivity index (χ3n) is 1.78. The van der Waals surface area contributed by atoms with Gasteiger partial charge in [-0.1, -0.05) is 0 Å². The normalized spacial score (nSPS) is 10.8. The van der Waals surface area contributed by atoms with E-state index in [1.54, 1.807) is 6.20 Å². The summed E-state index contributed by atoms with van der Waals surface area (Å²) in [5.41, 5.74) is 7.54. The maximum absolute atomic E-state index is 5.55. The summed E-state index contributed by atoms with van der Waals surface area (Å²) in [6.07, 6.45) is 3.66. The van der Waals surface area contributed by atoms with E-state index in [9.17, 15) is 0 Å². The fraction of sp³-hybridized carbons (Fsp3) is 0.250. The Morgan fingerprint density at radius 2 is 2.42 bits per heavy atom. The standard InChI is InChI=1S/C8H10N4/c1-6-5-12-7(4-9)2-3-10-8(12)11-6/h2-3,5H,4,9H2,1H3. The van der Waals surface area contributed by atoms with Crippen LogP contribution in [0.25, 0.3) is 5.78 Å². The molecule has 2 N–H and O–H groups in total. The lowest BCUT2D eigenvalue weighted by molar-refractivity contribution is 0.925. The molecule has 0 radical (unpaired) electrons. The molecule has 0 aliphatic heterocycles. The molecule has 2 rings (SSSR count). The molecule has 0 atom stereocenters. The first-order valence-electron chi connectivity index (χ1n) is 3.81. The highest BCUT2D eigenvalue weighted by Gasteiger charge is 2.00. The Morgan fingerprint density at radius 3 is 3.17 bits per heavy atom. The van der Waals surface area contributed by atoms with Crippen LogP contribution in [0.5, 0.6) is 0 Å². The molecule has 0 amide bonds. The summed E-state index contributed by atoms with van der Waals surface area (Å²) in [7, 11) is 0. The van der Waals surface area contributed by atoms with Gasteiger partial charge in [-0.05, 0) is 13.0 Å². The Labute approximate surface area is 70.1 Å². The Morgan fingerprint density at radius 1 is 1.58 bits per heavy atom. The first-order valence-corrected chi connectivity index (χ1v) is 3.81. The molecule has 0 aliphatic rings. The van der Waals surface area contributed by atoms with E-state index in [0.29, 0.717) is 6.54 Å². The van der Waals surface area contributed by atoms with E-state index in [-0.39, 0.29) is 0 Å². The molecule has 2 aromatic heterocycles. The predicted octanol–water partition coefficient (Wildman–Crippen LogP) is 0.496. The monoisotopic (exact) mass is 162 g/mol. The number of nitrogens with two attached hydrogens (primary N) is 1. The lowest BCUT2D eigenvalue weighted by atomic mass is 10.4. The number of nitrogens with zero attached hydrogens (tertiary/aromatic N) is 3. The van der Waals surface area contributed by atoms with Gasteiger partial charge in [0.2, 0.25) is 5.78 Å². The zero-order valence-electron chi connectivity index (χ0n) is 6.86. The van der Waals surface area contributed by atoms with Crippen molar-refractivity contribution in [2.75, 3.05) is 0 Å². The Hall–Kier alpha value is -1.42. The van der Waals surface area contributed by atoms with E-state index in [1.165, 1.54) is 0 Å². The Balaban J connectivity index is 2.78. The van der Waals surface area contributed by atoms with Crippen LogP contribution in [0.2, 0.25) is 0 Å². The van der Waals surface area contributed by atoms with Crippen molar-refractivity contribution < 1.29 is 0 Å². The summed E-state index contributed by atoms with van der Waals surface area (Å²) < 4.78 is 1.91. The highest BCUT2D eigenvalue weighted by Crippen LogP contribution is 2.04. The number of aromatic nitrogens is 3. The first-order chi connectivity index (χ1) is 5.81. The van der Waals surface area contributed by atoms with Gasteiger partial charge in [-0.15, -0.1) is 0 Å². The lowest BCUT2D eigenvalue weighted by Crippen LogP contribution is -2.03. The van der Waals surface area contributed by atoms with Gasteiger partial charge in [0.15, 0.2) is 0 Å². The zero-order chi connectivity index (χ0) is 8.55. The van der Waals surface area contributed by atoms with Crippen LogP contribution in [0.15, 0.2) is 18.5 Å². The van der Waals surface area contributed by atoms with E-state index in [0.717, 1.165) is 17.2 Å². The summed E-state index contributed by atoms with van der Waals surface area (Å²) in [5.74, 6) is 0.718. The van der Waals surface area contributed by atoms with Gasteiger partial charge < -0.3 is 5.73 Å². The Kier molecular flexibility index (Phi) is 1.55. The molecule has 0 fully saturated rings. The molecule has 0 aromatic carbocycles. The third kappa shape index (κ3) is 0.967. The van der Waals surface area contributed by atoms with E-state index in [4.69, 9.17) is 5.73 Å².